The van der Waals surface area contributed by atoms with Gasteiger partial charge in [-0.3, -0.25) is 9.69 Å². The van der Waals surface area contributed by atoms with E-state index in [9.17, 15) is 4.79 Å². The van der Waals surface area contributed by atoms with Crippen LogP contribution in [0.1, 0.15) is 66.7 Å². The molecule has 0 spiro atoms. The number of likely N-dealkylation sites (tertiary alicyclic amines) is 2. The molecule has 5 heteroatoms. The molecule has 0 aliphatic carbocycles. The van der Waals surface area contributed by atoms with Crippen LogP contribution in [0.2, 0.25) is 0 Å². The van der Waals surface area contributed by atoms with Crippen molar-refractivity contribution < 1.29 is 9.32 Å². The first-order valence-electron chi connectivity index (χ1n) is 12.1. The van der Waals surface area contributed by atoms with Crippen molar-refractivity contribution >= 4 is 5.91 Å². The van der Waals surface area contributed by atoms with Gasteiger partial charge in [0.05, 0.1) is 5.69 Å². The Labute approximate surface area is 186 Å². The summed E-state index contributed by atoms with van der Waals surface area (Å²) in [5.41, 5.74) is 4.87. The fourth-order valence-corrected chi connectivity index (χ4v) is 5.13. The number of benzene rings is 1. The highest BCUT2D eigenvalue weighted by molar-refractivity contribution is 5.76. The lowest BCUT2D eigenvalue weighted by molar-refractivity contribution is -0.132. The predicted octanol–water partition coefficient (Wildman–Crippen LogP) is 4.69. The van der Waals surface area contributed by atoms with E-state index in [2.05, 4.69) is 39.2 Å². The van der Waals surface area contributed by atoms with Crippen LogP contribution in [0.25, 0.3) is 0 Å². The molecule has 0 unspecified atom stereocenters. The number of rotatable bonds is 7. The van der Waals surface area contributed by atoms with Crippen LogP contribution in [0.15, 0.2) is 28.8 Å². The highest BCUT2D eigenvalue weighted by atomic mass is 16.5. The van der Waals surface area contributed by atoms with Crippen LogP contribution < -0.4 is 0 Å². The monoisotopic (exact) mass is 423 g/mol. The van der Waals surface area contributed by atoms with E-state index < -0.39 is 0 Å². The van der Waals surface area contributed by atoms with E-state index >= 15 is 0 Å². The standard InChI is InChI=1S/C26H37N3O2/c1-20-25(21(2)31-27-20)10-11-26(30)29-16-12-23(13-17-29)18-22-6-8-24(9-7-22)19-28-14-4-3-5-15-28/h6-9,23H,3-5,10-19H2,1-2H3. The van der Waals surface area contributed by atoms with Crippen molar-refractivity contribution in [3.63, 3.8) is 0 Å². The molecule has 0 bridgehead atoms. The number of hydrogen-bond donors (Lipinski definition) is 0. The van der Waals surface area contributed by atoms with Gasteiger partial charge in [0, 0.05) is 31.6 Å². The maximum atomic E-state index is 12.7. The number of piperidine rings is 2. The van der Waals surface area contributed by atoms with E-state index in [0.717, 1.165) is 62.3 Å². The number of amides is 1. The summed E-state index contributed by atoms with van der Waals surface area (Å²) in [6, 6.07) is 9.27. The fraction of sp³-hybridized carbons (Fsp3) is 0.615. The van der Waals surface area contributed by atoms with Crippen molar-refractivity contribution in [1.82, 2.24) is 15.0 Å². The average Bonchev–Trinajstić information content (AvgIpc) is 3.12. The lowest BCUT2D eigenvalue weighted by Crippen LogP contribution is -2.39. The van der Waals surface area contributed by atoms with E-state index in [1.165, 1.54) is 43.5 Å². The molecule has 0 saturated carbocycles. The molecule has 2 saturated heterocycles. The Morgan fingerprint density at radius 2 is 1.68 bits per heavy atom. The van der Waals surface area contributed by atoms with Gasteiger partial charge in [-0.25, -0.2) is 0 Å². The van der Waals surface area contributed by atoms with Gasteiger partial charge in [0.2, 0.25) is 5.91 Å². The summed E-state index contributed by atoms with van der Waals surface area (Å²) >= 11 is 0. The molecule has 0 radical (unpaired) electrons. The molecule has 2 aliphatic rings. The van der Waals surface area contributed by atoms with Crippen LogP contribution in [0.3, 0.4) is 0 Å². The molecule has 2 fully saturated rings. The third-order valence-corrected chi connectivity index (χ3v) is 7.14. The zero-order valence-electron chi connectivity index (χ0n) is 19.2. The lowest BCUT2D eigenvalue weighted by Gasteiger charge is -2.32. The predicted molar refractivity (Wildman–Crippen MR) is 123 cm³/mol. The smallest absolute Gasteiger partial charge is 0.222 e. The fourth-order valence-electron chi connectivity index (χ4n) is 5.13. The number of carbonyl (C=O) groups excluding carboxylic acids is 1. The van der Waals surface area contributed by atoms with Gasteiger partial charge in [-0.15, -0.1) is 0 Å². The van der Waals surface area contributed by atoms with Crippen LogP contribution in [-0.2, 0) is 24.2 Å². The summed E-state index contributed by atoms with van der Waals surface area (Å²) < 4.78 is 5.21. The Bertz CT molecular complexity index is 825. The largest absolute Gasteiger partial charge is 0.361 e. The molecule has 3 heterocycles. The number of aryl methyl sites for hydroxylation is 2. The number of nitrogens with zero attached hydrogens (tertiary/aromatic N) is 3. The molecule has 1 aromatic heterocycles. The average molecular weight is 424 g/mol. The van der Waals surface area contributed by atoms with Crippen LogP contribution in [0, 0.1) is 19.8 Å². The van der Waals surface area contributed by atoms with Crippen molar-refractivity contribution in [2.75, 3.05) is 26.2 Å². The first kappa shape index (κ1) is 22.1. The Kier molecular flexibility index (Phi) is 7.44. The highest BCUT2D eigenvalue weighted by Crippen LogP contribution is 2.24. The van der Waals surface area contributed by atoms with Crippen LogP contribution in [0.4, 0.5) is 0 Å². The second-order valence-corrected chi connectivity index (χ2v) is 9.48. The third kappa shape index (κ3) is 5.97. The normalized spacial score (nSPS) is 18.5. The number of aromatic nitrogens is 1. The zero-order chi connectivity index (χ0) is 21.6. The first-order valence-corrected chi connectivity index (χ1v) is 12.1. The molecule has 168 valence electrons. The van der Waals surface area contributed by atoms with Gasteiger partial charge in [-0.2, -0.15) is 0 Å². The molecule has 0 N–H and O–H groups in total. The van der Waals surface area contributed by atoms with Crippen molar-refractivity contribution in [3.05, 3.63) is 52.4 Å². The van der Waals surface area contributed by atoms with Crippen molar-refractivity contribution in [2.45, 2.75) is 71.8 Å². The van der Waals surface area contributed by atoms with Crippen LogP contribution >= 0.6 is 0 Å². The highest BCUT2D eigenvalue weighted by Gasteiger charge is 2.23. The van der Waals surface area contributed by atoms with Gasteiger partial charge in [0.1, 0.15) is 5.76 Å². The summed E-state index contributed by atoms with van der Waals surface area (Å²) in [5, 5.41) is 3.99. The van der Waals surface area contributed by atoms with Crippen molar-refractivity contribution in [1.29, 1.82) is 0 Å². The van der Waals surface area contributed by atoms with E-state index in [1.54, 1.807) is 0 Å². The van der Waals surface area contributed by atoms with E-state index in [-0.39, 0.29) is 5.91 Å². The summed E-state index contributed by atoms with van der Waals surface area (Å²) in [6.45, 7) is 9.23. The van der Waals surface area contributed by atoms with E-state index in [0.29, 0.717) is 12.3 Å². The Morgan fingerprint density at radius 3 is 2.32 bits per heavy atom. The van der Waals surface area contributed by atoms with Gasteiger partial charge in [0.15, 0.2) is 0 Å². The molecule has 31 heavy (non-hydrogen) atoms. The van der Waals surface area contributed by atoms with Crippen molar-refractivity contribution in [3.8, 4) is 0 Å². The topological polar surface area (TPSA) is 49.6 Å². The van der Waals surface area contributed by atoms with Crippen LogP contribution in [-0.4, -0.2) is 47.0 Å². The first-order chi connectivity index (χ1) is 15.1. The molecular weight excluding hydrogens is 386 g/mol. The van der Waals surface area contributed by atoms with Crippen molar-refractivity contribution in [2.24, 2.45) is 5.92 Å². The summed E-state index contributed by atoms with van der Waals surface area (Å²) in [5.74, 6) is 1.78. The second-order valence-electron chi connectivity index (χ2n) is 9.48. The molecule has 1 aromatic carbocycles. The molecule has 0 atom stereocenters. The quantitative estimate of drug-likeness (QED) is 0.648. The molecule has 2 aromatic rings. The SMILES string of the molecule is Cc1noc(C)c1CCC(=O)N1CCC(Cc2ccc(CN3CCCCC3)cc2)CC1. The zero-order valence-corrected chi connectivity index (χ0v) is 19.2. The number of hydrogen-bond acceptors (Lipinski definition) is 4. The lowest BCUT2D eigenvalue weighted by atomic mass is 9.89. The Balaban J connectivity index is 1.19. The van der Waals surface area contributed by atoms with E-state index in [4.69, 9.17) is 4.52 Å². The Morgan fingerprint density at radius 1 is 1.00 bits per heavy atom. The maximum absolute atomic E-state index is 12.7. The molecule has 4 rings (SSSR count). The second kappa shape index (κ2) is 10.4. The minimum absolute atomic E-state index is 0.264. The van der Waals surface area contributed by atoms with Gasteiger partial charge in [-0.1, -0.05) is 35.8 Å². The number of carbonyl (C=O) groups is 1. The molecule has 1 amide bonds. The Hall–Kier alpha value is -2.14. The van der Waals surface area contributed by atoms with Gasteiger partial charge in [0.25, 0.3) is 0 Å². The van der Waals surface area contributed by atoms with Gasteiger partial charge >= 0.3 is 0 Å². The minimum atomic E-state index is 0.264. The van der Waals surface area contributed by atoms with E-state index in [1.807, 2.05) is 13.8 Å². The summed E-state index contributed by atoms with van der Waals surface area (Å²) in [6.07, 6.45) is 8.69. The van der Waals surface area contributed by atoms with Gasteiger partial charge in [-0.05, 0) is 82.5 Å². The summed E-state index contributed by atoms with van der Waals surface area (Å²) in [4.78, 5) is 17.3. The van der Waals surface area contributed by atoms with Crippen LogP contribution in [0.5, 0.6) is 0 Å². The molecular formula is C26H37N3O2. The molecule has 2 aliphatic heterocycles. The van der Waals surface area contributed by atoms with Gasteiger partial charge < -0.3 is 9.42 Å². The maximum Gasteiger partial charge on any atom is 0.222 e. The summed E-state index contributed by atoms with van der Waals surface area (Å²) in [7, 11) is 0. The molecule has 5 nitrogen and oxygen atoms in total. The third-order valence-electron chi connectivity index (χ3n) is 7.14. The minimum Gasteiger partial charge on any atom is -0.361 e.